The van der Waals surface area contributed by atoms with E-state index < -0.39 is 0 Å². The molecule has 0 saturated carbocycles. The number of H-pyrrole nitrogens is 1. The Labute approximate surface area is 189 Å². The lowest BCUT2D eigenvalue weighted by atomic mass is 9.96. The summed E-state index contributed by atoms with van der Waals surface area (Å²) in [6, 6.07) is 11.5. The van der Waals surface area contributed by atoms with Crippen LogP contribution in [-0.4, -0.2) is 43.9 Å². The number of hydrogen-bond donors (Lipinski definition) is 2. The first kappa shape index (κ1) is 19.7. The van der Waals surface area contributed by atoms with Gasteiger partial charge in [-0.05, 0) is 55.5 Å². The summed E-state index contributed by atoms with van der Waals surface area (Å²) >= 11 is 1.50. The molecule has 7 nitrogen and oxygen atoms in total. The fraction of sp³-hybridized carbons (Fsp3) is 0.375. The zero-order valence-electron chi connectivity index (χ0n) is 17.9. The molecule has 8 heteroatoms. The standard InChI is InChI=1S/C24H25N5O2S/c1-14(30)27-16-9-17-4-5-18(10-16)29(17)13-15-12-26-21-11-19(6-7-20(15)21)31-24-28-23-22(32-24)3-2-8-25-23/h2-3,6-8,11-12,16-18,26H,4-5,9-10,13H2,1H3,(H,27,30)/t16?,17-,18+. The van der Waals surface area contributed by atoms with Gasteiger partial charge in [-0.2, -0.15) is 4.98 Å². The van der Waals surface area contributed by atoms with Crippen molar-refractivity contribution in [2.24, 2.45) is 0 Å². The lowest BCUT2D eigenvalue weighted by Gasteiger charge is -2.39. The molecule has 3 aromatic heterocycles. The molecular formula is C24H25N5O2S. The second-order valence-corrected chi connectivity index (χ2v) is 9.85. The van der Waals surface area contributed by atoms with Crippen molar-refractivity contribution >= 4 is 38.5 Å². The number of pyridine rings is 1. The van der Waals surface area contributed by atoms with Crippen LogP contribution < -0.4 is 10.1 Å². The van der Waals surface area contributed by atoms with Gasteiger partial charge in [0.25, 0.3) is 5.19 Å². The predicted molar refractivity (Wildman–Crippen MR) is 125 cm³/mol. The highest BCUT2D eigenvalue weighted by Crippen LogP contribution is 2.38. The second-order valence-electron chi connectivity index (χ2n) is 8.85. The monoisotopic (exact) mass is 447 g/mol. The number of amides is 1. The van der Waals surface area contributed by atoms with Gasteiger partial charge in [0.05, 0.1) is 4.70 Å². The maximum atomic E-state index is 11.5. The lowest BCUT2D eigenvalue weighted by molar-refractivity contribution is -0.120. The first-order chi connectivity index (χ1) is 15.6. The summed E-state index contributed by atoms with van der Waals surface area (Å²) in [7, 11) is 0. The van der Waals surface area contributed by atoms with E-state index >= 15 is 0 Å². The van der Waals surface area contributed by atoms with E-state index in [4.69, 9.17) is 4.74 Å². The fourth-order valence-electron chi connectivity index (χ4n) is 5.39. The van der Waals surface area contributed by atoms with Crippen molar-refractivity contribution in [1.82, 2.24) is 25.2 Å². The van der Waals surface area contributed by atoms with E-state index in [0.717, 1.165) is 35.4 Å². The second kappa shape index (κ2) is 7.86. The van der Waals surface area contributed by atoms with E-state index in [1.165, 1.54) is 35.1 Å². The predicted octanol–water partition coefficient (Wildman–Crippen LogP) is 4.60. The average molecular weight is 448 g/mol. The van der Waals surface area contributed by atoms with E-state index in [0.29, 0.717) is 29.0 Å². The normalized spacial score (nSPS) is 23.1. The van der Waals surface area contributed by atoms with E-state index in [2.05, 4.69) is 37.4 Å². The molecule has 2 aliphatic heterocycles. The van der Waals surface area contributed by atoms with E-state index in [9.17, 15) is 4.79 Å². The van der Waals surface area contributed by atoms with Crippen LogP contribution in [-0.2, 0) is 11.3 Å². The number of hydrogen-bond acceptors (Lipinski definition) is 6. The molecule has 32 heavy (non-hydrogen) atoms. The number of fused-ring (bicyclic) bond motifs is 4. The van der Waals surface area contributed by atoms with E-state index in [1.54, 1.807) is 13.1 Å². The molecule has 2 bridgehead atoms. The van der Waals surface area contributed by atoms with E-state index in [1.807, 2.05) is 24.3 Å². The number of piperidine rings is 1. The summed E-state index contributed by atoms with van der Waals surface area (Å²) in [6.45, 7) is 2.55. The average Bonchev–Trinajstić information content (AvgIpc) is 3.42. The highest BCUT2D eigenvalue weighted by Gasteiger charge is 2.40. The number of ether oxygens (including phenoxy) is 1. The third-order valence-electron chi connectivity index (χ3n) is 6.73. The van der Waals surface area contributed by atoms with Gasteiger partial charge >= 0.3 is 0 Å². The Balaban J connectivity index is 1.18. The van der Waals surface area contributed by atoms with Crippen LogP contribution in [0.15, 0.2) is 42.7 Å². The van der Waals surface area contributed by atoms with Crippen molar-refractivity contribution in [3.63, 3.8) is 0 Å². The number of nitrogens with one attached hydrogen (secondary N) is 2. The first-order valence-electron chi connectivity index (χ1n) is 11.1. The minimum absolute atomic E-state index is 0.0830. The maximum absolute atomic E-state index is 11.5. The Morgan fingerprint density at radius 2 is 2.12 bits per heavy atom. The van der Waals surface area contributed by atoms with Crippen LogP contribution in [0.3, 0.4) is 0 Å². The Hall–Kier alpha value is -2.97. The van der Waals surface area contributed by atoms with Crippen LogP contribution in [0.4, 0.5) is 0 Å². The van der Waals surface area contributed by atoms with Gasteiger partial charge in [0.2, 0.25) is 5.91 Å². The molecule has 3 atom stereocenters. The minimum atomic E-state index is 0.0830. The summed E-state index contributed by atoms with van der Waals surface area (Å²) < 4.78 is 7.04. The summed E-state index contributed by atoms with van der Waals surface area (Å²) in [4.78, 5) is 26.3. The van der Waals surface area contributed by atoms with Crippen LogP contribution in [0.2, 0.25) is 0 Å². The number of nitrogens with zero attached hydrogens (tertiary/aromatic N) is 3. The largest absolute Gasteiger partial charge is 0.431 e. The molecule has 6 rings (SSSR count). The summed E-state index contributed by atoms with van der Waals surface area (Å²) in [6.07, 6.45) is 8.40. The zero-order valence-corrected chi connectivity index (χ0v) is 18.7. The molecule has 2 N–H and O–H groups in total. The number of carbonyl (C=O) groups is 1. The van der Waals surface area contributed by atoms with Crippen LogP contribution in [0, 0.1) is 0 Å². The zero-order chi connectivity index (χ0) is 21.7. The lowest BCUT2D eigenvalue weighted by Crippen LogP contribution is -2.49. The number of rotatable bonds is 5. The van der Waals surface area contributed by atoms with Crippen LogP contribution >= 0.6 is 11.3 Å². The van der Waals surface area contributed by atoms with Crippen LogP contribution in [0.25, 0.3) is 21.3 Å². The molecule has 2 saturated heterocycles. The Kier molecular flexibility index (Phi) is 4.84. The molecular weight excluding hydrogens is 422 g/mol. The summed E-state index contributed by atoms with van der Waals surface area (Å²) in [5.41, 5.74) is 3.09. The molecule has 5 heterocycles. The van der Waals surface area contributed by atoms with Crippen molar-refractivity contribution in [2.45, 2.75) is 57.3 Å². The Morgan fingerprint density at radius 1 is 1.28 bits per heavy atom. The van der Waals surface area contributed by atoms with Crippen molar-refractivity contribution < 1.29 is 9.53 Å². The maximum Gasteiger partial charge on any atom is 0.281 e. The van der Waals surface area contributed by atoms with Crippen molar-refractivity contribution in [2.75, 3.05) is 0 Å². The smallest absolute Gasteiger partial charge is 0.281 e. The number of thiazole rings is 1. The highest BCUT2D eigenvalue weighted by molar-refractivity contribution is 7.20. The van der Waals surface area contributed by atoms with Crippen molar-refractivity contribution in [1.29, 1.82) is 0 Å². The number of aromatic amines is 1. The number of carbonyl (C=O) groups excluding carboxylic acids is 1. The molecule has 2 aliphatic rings. The molecule has 0 spiro atoms. The van der Waals surface area contributed by atoms with Gasteiger partial charge in [-0.1, -0.05) is 11.3 Å². The quantitative estimate of drug-likeness (QED) is 0.467. The van der Waals surface area contributed by atoms with Gasteiger partial charge in [0, 0.05) is 61.0 Å². The summed E-state index contributed by atoms with van der Waals surface area (Å²) in [5.74, 6) is 0.848. The molecule has 164 valence electrons. The molecule has 0 aliphatic carbocycles. The summed E-state index contributed by atoms with van der Waals surface area (Å²) in [5, 5.41) is 4.96. The molecule has 0 radical (unpaired) electrons. The van der Waals surface area contributed by atoms with Crippen molar-refractivity contribution in [3.05, 3.63) is 48.3 Å². The third-order valence-corrected chi connectivity index (χ3v) is 7.62. The third kappa shape index (κ3) is 3.63. The van der Waals surface area contributed by atoms with Gasteiger partial charge in [-0.3, -0.25) is 9.69 Å². The molecule has 1 aromatic carbocycles. The fourth-order valence-corrected chi connectivity index (χ4v) is 6.18. The van der Waals surface area contributed by atoms with Gasteiger partial charge in [-0.25, -0.2) is 4.98 Å². The van der Waals surface area contributed by atoms with Crippen LogP contribution in [0.1, 0.15) is 38.2 Å². The van der Waals surface area contributed by atoms with Gasteiger partial charge in [-0.15, -0.1) is 0 Å². The van der Waals surface area contributed by atoms with Gasteiger partial charge < -0.3 is 15.0 Å². The van der Waals surface area contributed by atoms with Crippen LogP contribution in [0.5, 0.6) is 10.9 Å². The molecule has 1 unspecified atom stereocenters. The molecule has 2 fully saturated rings. The van der Waals surface area contributed by atoms with Crippen molar-refractivity contribution in [3.8, 4) is 10.9 Å². The molecule has 1 amide bonds. The Bertz CT molecular complexity index is 1250. The topological polar surface area (TPSA) is 83.1 Å². The van der Waals surface area contributed by atoms with Gasteiger partial charge in [0.1, 0.15) is 5.75 Å². The Morgan fingerprint density at radius 3 is 2.91 bits per heavy atom. The SMILES string of the molecule is CC(=O)NC1C[C@H]2CC[C@@H](C1)N2Cc1c[nH]c2cc(Oc3nc4ncccc4s3)ccc12. The number of benzene rings is 1. The molecule has 4 aromatic rings. The van der Waals surface area contributed by atoms with E-state index in [-0.39, 0.29) is 5.91 Å². The first-order valence-corrected chi connectivity index (χ1v) is 12.0. The highest BCUT2D eigenvalue weighted by atomic mass is 32.1. The minimum Gasteiger partial charge on any atom is -0.431 e. The van der Waals surface area contributed by atoms with Gasteiger partial charge in [0.15, 0.2) is 5.65 Å². The number of aromatic nitrogens is 3.